The van der Waals surface area contributed by atoms with E-state index in [4.69, 9.17) is 9.47 Å². The number of aryl methyl sites for hydroxylation is 1. The third-order valence-electron chi connectivity index (χ3n) is 4.92. The van der Waals surface area contributed by atoms with Crippen molar-refractivity contribution in [1.29, 1.82) is 0 Å². The van der Waals surface area contributed by atoms with Crippen LogP contribution in [0.5, 0.6) is 11.5 Å². The van der Waals surface area contributed by atoms with Gasteiger partial charge in [-0.3, -0.25) is 4.79 Å². The molecule has 2 aromatic carbocycles. The minimum Gasteiger partial charge on any atom is -0.493 e. The molecule has 0 saturated carbocycles. The van der Waals surface area contributed by atoms with Gasteiger partial charge in [-0.2, -0.15) is 0 Å². The highest BCUT2D eigenvalue weighted by atomic mass is 16.5. The minimum atomic E-state index is 0.165. The minimum absolute atomic E-state index is 0.165. The van der Waals surface area contributed by atoms with Crippen LogP contribution in [0.15, 0.2) is 42.5 Å². The van der Waals surface area contributed by atoms with Crippen LogP contribution in [0, 0.1) is 6.92 Å². The number of hydrogen-bond acceptors (Lipinski definition) is 3. The number of benzene rings is 2. The molecule has 1 fully saturated rings. The summed E-state index contributed by atoms with van der Waals surface area (Å²) in [6, 6.07) is 14.2. The number of amides is 1. The molecule has 1 amide bonds. The van der Waals surface area contributed by atoms with Gasteiger partial charge in [0, 0.05) is 6.54 Å². The van der Waals surface area contributed by atoms with Crippen LogP contribution in [0.2, 0.25) is 0 Å². The van der Waals surface area contributed by atoms with Crippen molar-refractivity contribution in [3.8, 4) is 11.5 Å². The van der Waals surface area contributed by atoms with Crippen LogP contribution in [0.25, 0.3) is 0 Å². The van der Waals surface area contributed by atoms with E-state index >= 15 is 0 Å². The predicted octanol–water partition coefficient (Wildman–Crippen LogP) is 3.92. The molecule has 1 atom stereocenters. The number of rotatable bonds is 5. The van der Waals surface area contributed by atoms with E-state index in [1.165, 1.54) is 11.1 Å². The summed E-state index contributed by atoms with van der Waals surface area (Å²) in [5.41, 5.74) is 3.46. The van der Waals surface area contributed by atoms with E-state index in [1.54, 1.807) is 14.2 Å². The third kappa shape index (κ3) is 3.63. The van der Waals surface area contributed by atoms with Gasteiger partial charge in [0.05, 0.1) is 26.7 Å². The second-order valence-corrected chi connectivity index (χ2v) is 6.47. The lowest BCUT2D eigenvalue weighted by atomic mass is 9.99. The molecule has 132 valence electrons. The van der Waals surface area contributed by atoms with E-state index < -0.39 is 0 Å². The van der Waals surface area contributed by atoms with E-state index in [2.05, 4.69) is 25.1 Å². The number of likely N-dealkylation sites (tertiary alicyclic amines) is 1. The molecule has 1 saturated heterocycles. The van der Waals surface area contributed by atoms with Crippen LogP contribution in [-0.4, -0.2) is 31.6 Å². The summed E-state index contributed by atoms with van der Waals surface area (Å²) in [7, 11) is 3.22. The van der Waals surface area contributed by atoms with Crippen LogP contribution < -0.4 is 9.47 Å². The van der Waals surface area contributed by atoms with Gasteiger partial charge < -0.3 is 14.4 Å². The lowest BCUT2D eigenvalue weighted by molar-refractivity contribution is -0.131. The standard InChI is InChI=1S/C21H25NO3/c1-15-7-4-5-8-17(15)18-9-6-12-22(18)21(23)14-16-10-11-19(24-2)20(13-16)25-3/h4-5,7-8,10-11,13,18H,6,9,12,14H2,1-3H3/t18-/m0/s1. The van der Waals surface area contributed by atoms with Crippen molar-refractivity contribution in [2.45, 2.75) is 32.2 Å². The molecule has 3 rings (SSSR count). The molecule has 0 aromatic heterocycles. The fourth-order valence-electron chi connectivity index (χ4n) is 3.62. The Bertz CT molecular complexity index is 757. The molecule has 25 heavy (non-hydrogen) atoms. The molecular weight excluding hydrogens is 314 g/mol. The summed E-state index contributed by atoms with van der Waals surface area (Å²) in [5.74, 6) is 1.50. The molecule has 0 bridgehead atoms. The summed E-state index contributed by atoms with van der Waals surface area (Å²) in [4.78, 5) is 14.9. The second kappa shape index (κ2) is 7.60. The molecule has 0 radical (unpaired) electrons. The van der Waals surface area contributed by atoms with Crippen LogP contribution in [0.4, 0.5) is 0 Å². The van der Waals surface area contributed by atoms with Gasteiger partial charge in [-0.25, -0.2) is 0 Å². The van der Waals surface area contributed by atoms with E-state index in [0.717, 1.165) is 24.9 Å². The number of ether oxygens (including phenoxy) is 2. The summed E-state index contributed by atoms with van der Waals surface area (Å²) < 4.78 is 10.6. The van der Waals surface area contributed by atoms with Gasteiger partial charge in [0.1, 0.15) is 0 Å². The molecular formula is C21H25NO3. The first-order valence-electron chi connectivity index (χ1n) is 8.70. The molecule has 1 aliphatic rings. The van der Waals surface area contributed by atoms with Crippen molar-refractivity contribution in [3.63, 3.8) is 0 Å². The lowest BCUT2D eigenvalue weighted by Crippen LogP contribution is -2.32. The predicted molar refractivity (Wildman–Crippen MR) is 98.1 cm³/mol. The molecule has 2 aromatic rings. The molecule has 1 heterocycles. The van der Waals surface area contributed by atoms with Gasteiger partial charge >= 0.3 is 0 Å². The number of hydrogen-bond donors (Lipinski definition) is 0. The van der Waals surface area contributed by atoms with Gasteiger partial charge in [0.15, 0.2) is 11.5 Å². The normalized spacial score (nSPS) is 16.8. The Morgan fingerprint density at radius 3 is 2.60 bits per heavy atom. The summed E-state index contributed by atoms with van der Waals surface area (Å²) in [5, 5.41) is 0. The first-order valence-corrected chi connectivity index (χ1v) is 8.70. The molecule has 4 heteroatoms. The van der Waals surface area contributed by atoms with Crippen molar-refractivity contribution in [2.24, 2.45) is 0 Å². The van der Waals surface area contributed by atoms with E-state index in [1.807, 2.05) is 29.2 Å². The van der Waals surface area contributed by atoms with Crippen molar-refractivity contribution >= 4 is 5.91 Å². The quantitative estimate of drug-likeness (QED) is 0.829. The Morgan fingerprint density at radius 1 is 1.12 bits per heavy atom. The molecule has 0 aliphatic carbocycles. The highest BCUT2D eigenvalue weighted by molar-refractivity contribution is 5.80. The van der Waals surface area contributed by atoms with Crippen molar-refractivity contribution in [3.05, 3.63) is 59.2 Å². The average Bonchev–Trinajstić information content (AvgIpc) is 3.11. The second-order valence-electron chi connectivity index (χ2n) is 6.47. The Kier molecular flexibility index (Phi) is 5.27. The van der Waals surface area contributed by atoms with Crippen LogP contribution in [0.1, 0.15) is 35.6 Å². The number of carbonyl (C=O) groups is 1. The van der Waals surface area contributed by atoms with Gasteiger partial charge in [0.25, 0.3) is 0 Å². The Morgan fingerprint density at radius 2 is 1.88 bits per heavy atom. The monoisotopic (exact) mass is 339 g/mol. The van der Waals surface area contributed by atoms with Gasteiger partial charge in [0.2, 0.25) is 5.91 Å². The van der Waals surface area contributed by atoms with Crippen LogP contribution in [0.3, 0.4) is 0 Å². The molecule has 0 unspecified atom stereocenters. The largest absolute Gasteiger partial charge is 0.493 e. The maximum atomic E-state index is 12.9. The highest BCUT2D eigenvalue weighted by Crippen LogP contribution is 2.34. The fourth-order valence-corrected chi connectivity index (χ4v) is 3.62. The zero-order valence-corrected chi connectivity index (χ0v) is 15.1. The first kappa shape index (κ1) is 17.3. The highest BCUT2D eigenvalue weighted by Gasteiger charge is 2.30. The summed E-state index contributed by atoms with van der Waals surface area (Å²) in [6.07, 6.45) is 2.46. The van der Waals surface area contributed by atoms with Crippen LogP contribution >= 0.6 is 0 Å². The van der Waals surface area contributed by atoms with Crippen molar-refractivity contribution in [2.75, 3.05) is 20.8 Å². The van der Waals surface area contributed by atoms with Gasteiger partial charge in [-0.05, 0) is 48.6 Å². The SMILES string of the molecule is COc1ccc(CC(=O)N2CCC[C@H]2c2ccccc2C)cc1OC. The van der Waals surface area contributed by atoms with Gasteiger partial charge in [-0.1, -0.05) is 30.3 Å². The zero-order chi connectivity index (χ0) is 17.8. The van der Waals surface area contributed by atoms with E-state index in [0.29, 0.717) is 17.9 Å². The van der Waals surface area contributed by atoms with Crippen molar-refractivity contribution < 1.29 is 14.3 Å². The maximum Gasteiger partial charge on any atom is 0.227 e. The maximum absolute atomic E-state index is 12.9. The average molecular weight is 339 g/mol. The van der Waals surface area contributed by atoms with E-state index in [-0.39, 0.29) is 11.9 Å². The first-order chi connectivity index (χ1) is 12.1. The van der Waals surface area contributed by atoms with Crippen molar-refractivity contribution in [1.82, 2.24) is 4.90 Å². The smallest absolute Gasteiger partial charge is 0.227 e. The Hall–Kier alpha value is -2.49. The fraction of sp³-hybridized carbons (Fsp3) is 0.381. The number of nitrogens with zero attached hydrogens (tertiary/aromatic N) is 1. The topological polar surface area (TPSA) is 38.8 Å². The number of carbonyl (C=O) groups excluding carboxylic acids is 1. The third-order valence-corrected chi connectivity index (χ3v) is 4.92. The molecule has 0 N–H and O–H groups in total. The molecule has 4 nitrogen and oxygen atoms in total. The van der Waals surface area contributed by atoms with E-state index in [9.17, 15) is 4.79 Å². The molecule has 1 aliphatic heterocycles. The summed E-state index contributed by atoms with van der Waals surface area (Å²) in [6.45, 7) is 2.94. The van der Waals surface area contributed by atoms with Crippen LogP contribution in [-0.2, 0) is 11.2 Å². The lowest BCUT2D eigenvalue weighted by Gasteiger charge is -2.26. The molecule has 0 spiro atoms. The summed E-state index contributed by atoms with van der Waals surface area (Å²) >= 11 is 0. The number of methoxy groups -OCH3 is 2. The zero-order valence-electron chi connectivity index (χ0n) is 15.1. The van der Waals surface area contributed by atoms with Gasteiger partial charge in [-0.15, -0.1) is 0 Å². The Balaban J connectivity index is 1.77. The Labute approximate surface area is 149 Å².